The molecule has 0 heterocycles. The second-order valence-corrected chi connectivity index (χ2v) is 7.49. The van der Waals surface area contributed by atoms with E-state index in [9.17, 15) is 9.59 Å². The molecule has 0 radical (unpaired) electrons. The molecule has 3 aromatic carbocycles. The summed E-state index contributed by atoms with van der Waals surface area (Å²) in [7, 11) is 0. The van der Waals surface area contributed by atoms with Crippen LogP contribution in [-0.4, -0.2) is 31.8 Å². The lowest BCUT2D eigenvalue weighted by Crippen LogP contribution is -2.18. The summed E-state index contributed by atoms with van der Waals surface area (Å²) in [5.74, 6) is 0.0645. The first-order chi connectivity index (χ1) is 15.0. The maximum absolute atomic E-state index is 12.2. The molecule has 0 atom stereocenters. The van der Waals surface area contributed by atoms with E-state index in [0.717, 1.165) is 4.47 Å². The van der Waals surface area contributed by atoms with Crippen LogP contribution in [0.5, 0.6) is 17.2 Å². The number of halogens is 2. The smallest absolute Gasteiger partial charge is 0.349 e. The predicted molar refractivity (Wildman–Crippen MR) is 119 cm³/mol. The molecule has 0 bridgehead atoms. The van der Waals surface area contributed by atoms with Crippen LogP contribution in [0.1, 0.15) is 10.4 Å². The van der Waals surface area contributed by atoms with E-state index in [1.54, 1.807) is 36.4 Å². The van der Waals surface area contributed by atoms with Crippen LogP contribution in [0.3, 0.4) is 0 Å². The van der Waals surface area contributed by atoms with E-state index in [2.05, 4.69) is 15.9 Å². The number of para-hydroxylation sites is 1. The van der Waals surface area contributed by atoms with Gasteiger partial charge in [0.1, 0.15) is 30.5 Å². The van der Waals surface area contributed by atoms with Crippen molar-refractivity contribution >= 4 is 39.5 Å². The highest BCUT2D eigenvalue weighted by molar-refractivity contribution is 9.10. The molecule has 0 aliphatic carbocycles. The standard InChI is InChI=1S/C23H18BrClO6/c24-17-9-10-21(20(25)14-17)30-15-22(26)31-19-8-4-5-16(13-19)23(27)29-12-11-28-18-6-2-1-3-7-18/h1-10,13-14H,11-12,15H2. The van der Waals surface area contributed by atoms with E-state index >= 15 is 0 Å². The topological polar surface area (TPSA) is 71.1 Å². The van der Waals surface area contributed by atoms with Crippen LogP contribution in [0.2, 0.25) is 5.02 Å². The lowest BCUT2D eigenvalue weighted by Gasteiger charge is -2.10. The van der Waals surface area contributed by atoms with Crippen molar-refractivity contribution < 1.29 is 28.5 Å². The first-order valence-electron chi connectivity index (χ1n) is 9.25. The SMILES string of the molecule is O=C(COc1ccc(Br)cc1Cl)Oc1cccc(C(=O)OCCOc2ccccc2)c1. The van der Waals surface area contributed by atoms with E-state index in [1.807, 2.05) is 30.3 Å². The highest BCUT2D eigenvalue weighted by atomic mass is 79.9. The number of esters is 2. The molecule has 3 rings (SSSR count). The van der Waals surface area contributed by atoms with Gasteiger partial charge in [-0.15, -0.1) is 0 Å². The molecule has 0 aliphatic heterocycles. The van der Waals surface area contributed by atoms with Crippen LogP contribution in [0.25, 0.3) is 0 Å². The lowest BCUT2D eigenvalue weighted by atomic mass is 10.2. The first kappa shape index (κ1) is 22.7. The lowest BCUT2D eigenvalue weighted by molar-refractivity contribution is -0.136. The average Bonchev–Trinajstić information content (AvgIpc) is 2.77. The molecule has 8 heteroatoms. The van der Waals surface area contributed by atoms with Gasteiger partial charge in [0.25, 0.3) is 0 Å². The maximum Gasteiger partial charge on any atom is 0.349 e. The second-order valence-electron chi connectivity index (χ2n) is 6.16. The molecule has 6 nitrogen and oxygen atoms in total. The Kier molecular flexibility index (Phi) is 8.32. The Balaban J connectivity index is 1.46. The van der Waals surface area contributed by atoms with Gasteiger partial charge < -0.3 is 18.9 Å². The van der Waals surface area contributed by atoms with Crippen molar-refractivity contribution in [2.45, 2.75) is 0 Å². The number of carbonyl (C=O) groups is 2. The molecular weight excluding hydrogens is 488 g/mol. The summed E-state index contributed by atoms with van der Waals surface area (Å²) in [5, 5.41) is 0.364. The first-order valence-corrected chi connectivity index (χ1v) is 10.4. The van der Waals surface area contributed by atoms with Gasteiger partial charge in [-0.3, -0.25) is 0 Å². The van der Waals surface area contributed by atoms with Gasteiger partial charge in [-0.2, -0.15) is 0 Å². The molecule has 160 valence electrons. The van der Waals surface area contributed by atoms with Gasteiger partial charge in [0, 0.05) is 4.47 Å². The summed E-state index contributed by atoms with van der Waals surface area (Å²) in [6.07, 6.45) is 0. The third kappa shape index (κ3) is 7.31. The van der Waals surface area contributed by atoms with E-state index in [4.69, 9.17) is 30.5 Å². The van der Waals surface area contributed by atoms with Gasteiger partial charge in [-0.25, -0.2) is 9.59 Å². The van der Waals surface area contributed by atoms with Gasteiger partial charge in [0.2, 0.25) is 0 Å². The second kappa shape index (κ2) is 11.4. The third-order valence-electron chi connectivity index (χ3n) is 3.87. The predicted octanol–water partition coefficient (Wildman–Crippen LogP) is 5.32. The van der Waals surface area contributed by atoms with Crippen molar-refractivity contribution in [1.29, 1.82) is 0 Å². The van der Waals surface area contributed by atoms with Crippen LogP contribution in [-0.2, 0) is 9.53 Å². The molecule has 0 N–H and O–H groups in total. The fourth-order valence-electron chi connectivity index (χ4n) is 2.47. The van der Waals surface area contributed by atoms with Crippen LogP contribution in [0, 0.1) is 0 Å². The average molecular weight is 506 g/mol. The highest BCUT2D eigenvalue weighted by Crippen LogP contribution is 2.27. The monoisotopic (exact) mass is 504 g/mol. The van der Waals surface area contributed by atoms with Crippen molar-refractivity contribution in [3.63, 3.8) is 0 Å². The zero-order valence-corrected chi connectivity index (χ0v) is 18.6. The van der Waals surface area contributed by atoms with Crippen LogP contribution in [0.15, 0.2) is 77.3 Å². The van der Waals surface area contributed by atoms with Crippen LogP contribution >= 0.6 is 27.5 Å². The molecule has 3 aromatic rings. The number of ether oxygens (including phenoxy) is 4. The minimum atomic E-state index is -0.638. The Bertz CT molecular complexity index is 1040. The molecule has 0 aromatic heterocycles. The van der Waals surface area contributed by atoms with E-state index < -0.39 is 11.9 Å². The van der Waals surface area contributed by atoms with Crippen molar-refractivity contribution in [3.8, 4) is 17.2 Å². The van der Waals surface area contributed by atoms with Crippen LogP contribution < -0.4 is 14.2 Å². The third-order valence-corrected chi connectivity index (χ3v) is 4.66. The molecule has 0 aliphatic rings. The highest BCUT2D eigenvalue weighted by Gasteiger charge is 2.12. The fourth-order valence-corrected chi connectivity index (χ4v) is 3.20. The van der Waals surface area contributed by atoms with Crippen molar-refractivity contribution in [2.24, 2.45) is 0 Å². The van der Waals surface area contributed by atoms with Crippen molar-refractivity contribution in [2.75, 3.05) is 19.8 Å². The largest absolute Gasteiger partial charge is 0.490 e. The molecule has 0 spiro atoms. The Morgan fingerprint density at radius 1 is 0.839 bits per heavy atom. The summed E-state index contributed by atoms with van der Waals surface area (Å²) < 4.78 is 22.1. The van der Waals surface area contributed by atoms with E-state index in [1.165, 1.54) is 6.07 Å². The molecule has 31 heavy (non-hydrogen) atoms. The number of carbonyl (C=O) groups excluding carboxylic acids is 2. The van der Waals surface area contributed by atoms with Crippen LogP contribution in [0.4, 0.5) is 0 Å². The van der Waals surface area contributed by atoms with Crippen molar-refractivity contribution in [1.82, 2.24) is 0 Å². The van der Waals surface area contributed by atoms with Gasteiger partial charge in [-0.05, 0) is 48.5 Å². The quantitative estimate of drug-likeness (QED) is 0.223. The molecular formula is C23H18BrClO6. The Hall–Kier alpha value is -3.03. The summed E-state index contributed by atoms with van der Waals surface area (Å²) in [4.78, 5) is 24.3. The van der Waals surface area contributed by atoms with E-state index in [-0.39, 0.29) is 31.1 Å². The minimum Gasteiger partial charge on any atom is -0.490 e. The molecule has 0 amide bonds. The molecule has 0 unspecified atom stereocenters. The van der Waals surface area contributed by atoms with Gasteiger partial charge in [-0.1, -0.05) is 51.8 Å². The number of benzene rings is 3. The Morgan fingerprint density at radius 2 is 1.61 bits per heavy atom. The molecule has 0 saturated carbocycles. The summed E-state index contributed by atoms with van der Waals surface area (Å²) in [5.41, 5.74) is 0.252. The van der Waals surface area contributed by atoms with E-state index in [0.29, 0.717) is 16.5 Å². The molecule has 0 saturated heterocycles. The van der Waals surface area contributed by atoms with Gasteiger partial charge in [0.05, 0.1) is 10.6 Å². The summed E-state index contributed by atoms with van der Waals surface area (Å²) >= 11 is 9.34. The zero-order chi connectivity index (χ0) is 22.1. The van der Waals surface area contributed by atoms with Crippen molar-refractivity contribution in [3.05, 3.63) is 87.9 Å². The normalized spacial score (nSPS) is 10.3. The zero-order valence-electron chi connectivity index (χ0n) is 16.3. The number of rotatable bonds is 9. The molecule has 0 fully saturated rings. The summed E-state index contributed by atoms with van der Waals surface area (Å²) in [6.45, 7) is -0.0350. The maximum atomic E-state index is 12.2. The Morgan fingerprint density at radius 3 is 2.39 bits per heavy atom. The van der Waals surface area contributed by atoms with Gasteiger partial charge >= 0.3 is 11.9 Å². The summed E-state index contributed by atoms with van der Waals surface area (Å²) in [6, 6.07) is 20.4. The number of hydrogen-bond acceptors (Lipinski definition) is 6. The Labute approximate surface area is 192 Å². The number of hydrogen-bond donors (Lipinski definition) is 0. The fraction of sp³-hybridized carbons (Fsp3) is 0.130. The van der Waals surface area contributed by atoms with Gasteiger partial charge in [0.15, 0.2) is 6.61 Å². The minimum absolute atomic E-state index is 0.0829.